The van der Waals surface area contributed by atoms with E-state index in [0.717, 1.165) is 12.1 Å². The second kappa shape index (κ2) is 4.78. The maximum absolute atomic E-state index is 11.9. The summed E-state index contributed by atoms with van der Waals surface area (Å²) in [5.74, 6) is -0.0754. The Morgan fingerprint density at radius 2 is 2.19 bits per heavy atom. The van der Waals surface area contributed by atoms with Crippen LogP contribution in [0.1, 0.15) is 49.8 Å². The quantitative estimate of drug-likeness (QED) is 0.767. The molecule has 0 aromatic carbocycles. The lowest BCUT2D eigenvalue weighted by Gasteiger charge is -2.19. The van der Waals surface area contributed by atoms with E-state index < -0.39 is 6.04 Å². The van der Waals surface area contributed by atoms with E-state index in [4.69, 9.17) is 5.73 Å². The Balaban J connectivity index is 2.55. The first kappa shape index (κ1) is 12.9. The van der Waals surface area contributed by atoms with E-state index in [1.165, 1.54) is 0 Å². The molecule has 90 valence electrons. The minimum atomic E-state index is -0.443. The van der Waals surface area contributed by atoms with Crippen LogP contribution in [0.25, 0.3) is 0 Å². The summed E-state index contributed by atoms with van der Waals surface area (Å²) >= 11 is 0. The number of hydrogen-bond acceptors (Lipinski definition) is 3. The molecule has 1 aromatic heterocycles. The molecule has 1 rings (SSSR count). The van der Waals surface area contributed by atoms with Crippen LogP contribution in [0.15, 0.2) is 6.07 Å². The molecule has 0 saturated carbocycles. The van der Waals surface area contributed by atoms with Gasteiger partial charge in [0.25, 0.3) is 0 Å². The number of aryl methyl sites for hydroxylation is 1. The summed E-state index contributed by atoms with van der Waals surface area (Å²) in [5.41, 5.74) is 7.39. The molecule has 0 fully saturated rings. The van der Waals surface area contributed by atoms with Crippen LogP contribution in [0.5, 0.6) is 0 Å². The summed E-state index contributed by atoms with van der Waals surface area (Å²) in [4.78, 5) is 11.9. The average molecular weight is 223 g/mol. The van der Waals surface area contributed by atoms with Crippen molar-refractivity contribution in [1.82, 2.24) is 10.2 Å². The van der Waals surface area contributed by atoms with Crippen molar-refractivity contribution in [3.63, 3.8) is 0 Å². The summed E-state index contributed by atoms with van der Waals surface area (Å²) in [5, 5.41) is 6.68. The maximum Gasteiger partial charge on any atom is 0.199 e. The molecule has 0 radical (unpaired) electrons. The van der Waals surface area contributed by atoms with E-state index >= 15 is 0 Å². The molecule has 1 atom stereocenters. The van der Waals surface area contributed by atoms with Crippen molar-refractivity contribution in [2.75, 3.05) is 0 Å². The average Bonchev–Trinajstić information content (AvgIpc) is 2.59. The van der Waals surface area contributed by atoms with Gasteiger partial charge in [-0.15, -0.1) is 0 Å². The Morgan fingerprint density at radius 3 is 2.62 bits per heavy atom. The van der Waals surface area contributed by atoms with Gasteiger partial charge in [0.15, 0.2) is 5.78 Å². The lowest BCUT2D eigenvalue weighted by Crippen LogP contribution is -2.31. The molecular formula is C12H21N3O. The number of hydrogen-bond donors (Lipinski definition) is 2. The molecule has 0 spiro atoms. The van der Waals surface area contributed by atoms with E-state index in [1.54, 1.807) is 6.07 Å². The van der Waals surface area contributed by atoms with Crippen LogP contribution >= 0.6 is 0 Å². The monoisotopic (exact) mass is 223 g/mol. The lowest BCUT2D eigenvalue weighted by molar-refractivity contribution is 0.0946. The summed E-state index contributed by atoms with van der Waals surface area (Å²) in [6.45, 7) is 8.29. The molecule has 0 aliphatic rings. The number of carbonyl (C=O) groups is 1. The topological polar surface area (TPSA) is 71.8 Å². The molecule has 1 aromatic rings. The Bertz CT molecular complexity index is 363. The van der Waals surface area contributed by atoms with Gasteiger partial charge >= 0.3 is 0 Å². The van der Waals surface area contributed by atoms with E-state index in [-0.39, 0.29) is 11.2 Å². The number of nitrogens with one attached hydrogen (secondary N) is 1. The molecule has 0 aliphatic heterocycles. The molecule has 0 amide bonds. The van der Waals surface area contributed by atoms with Crippen LogP contribution in [0.4, 0.5) is 0 Å². The number of H-pyrrole nitrogens is 1. The van der Waals surface area contributed by atoms with Crippen molar-refractivity contribution in [1.29, 1.82) is 0 Å². The maximum atomic E-state index is 11.9. The summed E-state index contributed by atoms with van der Waals surface area (Å²) in [6, 6.07) is 1.29. The number of nitrogens with two attached hydrogens (primary N) is 1. The van der Waals surface area contributed by atoms with E-state index in [9.17, 15) is 4.79 Å². The van der Waals surface area contributed by atoms with Gasteiger partial charge < -0.3 is 5.73 Å². The highest BCUT2D eigenvalue weighted by atomic mass is 16.1. The molecular weight excluding hydrogens is 202 g/mol. The minimum Gasteiger partial charge on any atom is -0.321 e. The number of carbonyl (C=O) groups excluding carboxylic acids is 1. The predicted molar refractivity (Wildman–Crippen MR) is 64.3 cm³/mol. The van der Waals surface area contributed by atoms with Crippen LogP contribution in [-0.4, -0.2) is 22.0 Å². The van der Waals surface area contributed by atoms with Gasteiger partial charge in [0.1, 0.15) is 5.69 Å². The fourth-order valence-corrected chi connectivity index (χ4v) is 1.45. The minimum absolute atomic E-state index is 0.0754. The second-order valence-electron chi connectivity index (χ2n) is 5.51. The van der Waals surface area contributed by atoms with Crippen LogP contribution in [0.2, 0.25) is 0 Å². The Hall–Kier alpha value is -1.16. The zero-order chi connectivity index (χ0) is 12.3. The van der Waals surface area contributed by atoms with Gasteiger partial charge in [-0.05, 0) is 31.2 Å². The van der Waals surface area contributed by atoms with Crippen LogP contribution in [-0.2, 0) is 0 Å². The highest BCUT2D eigenvalue weighted by Crippen LogP contribution is 2.21. The lowest BCUT2D eigenvalue weighted by atomic mass is 9.88. The van der Waals surface area contributed by atoms with Crippen molar-refractivity contribution >= 4 is 5.78 Å². The first-order valence-corrected chi connectivity index (χ1v) is 5.61. The van der Waals surface area contributed by atoms with E-state index in [1.807, 2.05) is 6.92 Å². The molecule has 0 saturated heterocycles. The molecule has 1 unspecified atom stereocenters. The zero-order valence-corrected chi connectivity index (χ0v) is 10.5. The van der Waals surface area contributed by atoms with Crippen molar-refractivity contribution < 1.29 is 4.79 Å². The first-order chi connectivity index (χ1) is 7.29. The van der Waals surface area contributed by atoms with Crippen LogP contribution in [0.3, 0.4) is 0 Å². The molecule has 1 heterocycles. The van der Waals surface area contributed by atoms with Crippen LogP contribution in [0, 0.1) is 12.3 Å². The van der Waals surface area contributed by atoms with Crippen molar-refractivity contribution in [2.45, 2.75) is 46.6 Å². The van der Waals surface area contributed by atoms with Gasteiger partial charge in [-0.3, -0.25) is 9.89 Å². The van der Waals surface area contributed by atoms with E-state index in [2.05, 4.69) is 31.0 Å². The van der Waals surface area contributed by atoms with Crippen molar-refractivity contribution in [3.05, 3.63) is 17.5 Å². The number of Topliss-reactive ketones (excluding diaryl/α,β-unsaturated/α-hetero) is 1. The molecule has 16 heavy (non-hydrogen) atoms. The SMILES string of the molecule is Cc1cc(C(=O)C(N)CCC(C)(C)C)n[nH]1. The summed E-state index contributed by atoms with van der Waals surface area (Å²) < 4.78 is 0. The molecule has 4 nitrogen and oxygen atoms in total. The summed E-state index contributed by atoms with van der Waals surface area (Å²) in [6.07, 6.45) is 1.64. The van der Waals surface area contributed by atoms with Gasteiger partial charge in [-0.1, -0.05) is 20.8 Å². The highest BCUT2D eigenvalue weighted by molar-refractivity contribution is 5.98. The fourth-order valence-electron chi connectivity index (χ4n) is 1.45. The third-order valence-corrected chi connectivity index (χ3v) is 2.50. The number of nitrogens with zero attached hydrogens (tertiary/aromatic N) is 1. The van der Waals surface area contributed by atoms with Gasteiger partial charge in [-0.2, -0.15) is 5.10 Å². The third kappa shape index (κ3) is 3.77. The number of ketones is 1. The Labute approximate surface area is 96.6 Å². The molecule has 4 heteroatoms. The van der Waals surface area contributed by atoms with Gasteiger partial charge in [-0.25, -0.2) is 0 Å². The van der Waals surface area contributed by atoms with Crippen LogP contribution < -0.4 is 5.73 Å². The summed E-state index contributed by atoms with van der Waals surface area (Å²) in [7, 11) is 0. The normalized spacial score (nSPS) is 13.8. The number of aromatic nitrogens is 2. The fraction of sp³-hybridized carbons (Fsp3) is 0.667. The first-order valence-electron chi connectivity index (χ1n) is 5.61. The molecule has 3 N–H and O–H groups in total. The number of aromatic amines is 1. The van der Waals surface area contributed by atoms with Gasteiger partial charge in [0.2, 0.25) is 0 Å². The number of rotatable bonds is 4. The van der Waals surface area contributed by atoms with Crippen molar-refractivity contribution in [3.8, 4) is 0 Å². The van der Waals surface area contributed by atoms with E-state index in [0.29, 0.717) is 12.1 Å². The Kier molecular flexibility index (Phi) is 3.86. The highest BCUT2D eigenvalue weighted by Gasteiger charge is 2.20. The zero-order valence-electron chi connectivity index (χ0n) is 10.5. The Morgan fingerprint density at radius 1 is 1.56 bits per heavy atom. The van der Waals surface area contributed by atoms with Crippen molar-refractivity contribution in [2.24, 2.45) is 11.1 Å². The molecule has 0 bridgehead atoms. The van der Waals surface area contributed by atoms with Gasteiger partial charge in [0.05, 0.1) is 6.04 Å². The second-order valence-corrected chi connectivity index (χ2v) is 5.51. The van der Waals surface area contributed by atoms with Gasteiger partial charge in [0, 0.05) is 5.69 Å². The molecule has 0 aliphatic carbocycles. The smallest absolute Gasteiger partial charge is 0.199 e. The predicted octanol–water partition coefficient (Wildman–Crippen LogP) is 2.05. The standard InChI is InChI=1S/C12H21N3O/c1-8-7-10(15-14-8)11(16)9(13)5-6-12(2,3)4/h7,9H,5-6,13H2,1-4H3,(H,14,15). The third-order valence-electron chi connectivity index (χ3n) is 2.50. The largest absolute Gasteiger partial charge is 0.321 e.